The van der Waals surface area contributed by atoms with Crippen molar-refractivity contribution in [3.05, 3.63) is 52.4 Å². The van der Waals surface area contributed by atoms with Gasteiger partial charge in [0.1, 0.15) is 18.1 Å². The van der Waals surface area contributed by atoms with Crippen LogP contribution in [0, 0.1) is 0 Å². The predicted molar refractivity (Wildman–Crippen MR) is 83.8 cm³/mol. The van der Waals surface area contributed by atoms with Crippen LogP contribution in [0.1, 0.15) is 32.1 Å². The Morgan fingerprint density at radius 3 is 2.75 bits per heavy atom. The molecule has 4 heteroatoms. The summed E-state index contributed by atoms with van der Waals surface area (Å²) in [5, 5.41) is 3.45. The van der Waals surface area contributed by atoms with Gasteiger partial charge in [0.15, 0.2) is 0 Å². The summed E-state index contributed by atoms with van der Waals surface area (Å²) in [5.74, 6) is 1.69. The third-order valence-electron chi connectivity index (χ3n) is 2.81. The molecule has 0 saturated carbocycles. The molecule has 1 N–H and O–H groups in total. The van der Waals surface area contributed by atoms with Gasteiger partial charge in [-0.25, -0.2) is 0 Å². The molecule has 0 amide bonds. The first-order valence-corrected chi connectivity index (χ1v) is 7.42. The Hall–Kier alpha value is -1.26. The maximum Gasteiger partial charge on any atom is 0.146 e. The van der Waals surface area contributed by atoms with E-state index in [1.807, 2.05) is 30.3 Å². The van der Waals surface area contributed by atoms with E-state index in [4.69, 9.17) is 9.15 Å². The second-order valence-electron chi connectivity index (χ2n) is 5.72. The van der Waals surface area contributed by atoms with Crippen molar-refractivity contribution in [3.63, 3.8) is 0 Å². The molecule has 2 aromatic rings. The molecule has 3 nitrogen and oxygen atoms in total. The Balaban J connectivity index is 1.95. The van der Waals surface area contributed by atoms with E-state index in [9.17, 15) is 0 Å². The Morgan fingerprint density at radius 2 is 2.05 bits per heavy atom. The highest BCUT2D eigenvalue weighted by Crippen LogP contribution is 2.20. The van der Waals surface area contributed by atoms with Crippen LogP contribution in [-0.2, 0) is 13.2 Å². The highest BCUT2D eigenvalue weighted by atomic mass is 79.9. The average Bonchev–Trinajstić information content (AvgIpc) is 2.81. The Kier molecular flexibility index (Phi) is 4.89. The number of ether oxygens (including phenoxy) is 1. The van der Waals surface area contributed by atoms with Crippen LogP contribution in [0.2, 0.25) is 0 Å². The summed E-state index contributed by atoms with van der Waals surface area (Å²) >= 11 is 3.43. The fourth-order valence-electron chi connectivity index (χ4n) is 1.72. The molecule has 2 rings (SSSR count). The van der Waals surface area contributed by atoms with Crippen LogP contribution in [0.3, 0.4) is 0 Å². The second kappa shape index (κ2) is 6.46. The van der Waals surface area contributed by atoms with Crippen LogP contribution in [-0.4, -0.2) is 5.54 Å². The molecule has 0 spiro atoms. The summed E-state index contributed by atoms with van der Waals surface area (Å²) in [7, 11) is 0. The maximum absolute atomic E-state index is 5.75. The molecule has 1 aromatic heterocycles. The Bertz CT molecular complexity index is 558. The molecule has 0 aliphatic carbocycles. The van der Waals surface area contributed by atoms with Crippen molar-refractivity contribution in [1.29, 1.82) is 0 Å². The molecule has 0 unspecified atom stereocenters. The van der Waals surface area contributed by atoms with Gasteiger partial charge >= 0.3 is 0 Å². The first-order chi connectivity index (χ1) is 9.44. The van der Waals surface area contributed by atoms with Crippen LogP contribution < -0.4 is 10.1 Å². The summed E-state index contributed by atoms with van der Waals surface area (Å²) in [6.45, 7) is 7.64. The van der Waals surface area contributed by atoms with E-state index in [0.29, 0.717) is 6.61 Å². The van der Waals surface area contributed by atoms with Crippen LogP contribution >= 0.6 is 15.9 Å². The molecule has 0 fully saturated rings. The molecule has 0 aliphatic rings. The second-order valence-corrected chi connectivity index (χ2v) is 6.63. The lowest BCUT2D eigenvalue weighted by Gasteiger charge is -2.20. The fourth-order valence-corrected chi connectivity index (χ4v) is 2.10. The third-order valence-corrected chi connectivity index (χ3v) is 3.31. The monoisotopic (exact) mass is 337 g/mol. The summed E-state index contributed by atoms with van der Waals surface area (Å²) in [6.07, 6.45) is 1.71. The highest BCUT2D eigenvalue weighted by Gasteiger charge is 2.12. The van der Waals surface area contributed by atoms with E-state index in [1.54, 1.807) is 6.26 Å². The molecular formula is C16H20BrNO2. The molecule has 0 atom stereocenters. The van der Waals surface area contributed by atoms with E-state index >= 15 is 0 Å². The van der Waals surface area contributed by atoms with E-state index in [-0.39, 0.29) is 5.54 Å². The number of rotatable bonds is 5. The molecule has 0 bridgehead atoms. The molecule has 108 valence electrons. The third kappa shape index (κ3) is 4.69. The first-order valence-electron chi connectivity index (χ1n) is 6.63. The number of furan rings is 1. The van der Waals surface area contributed by atoms with Gasteiger partial charge in [0, 0.05) is 22.1 Å². The van der Waals surface area contributed by atoms with E-state index in [1.165, 1.54) is 0 Å². The van der Waals surface area contributed by atoms with Gasteiger partial charge in [-0.2, -0.15) is 0 Å². The van der Waals surface area contributed by atoms with Crippen molar-refractivity contribution in [3.8, 4) is 5.75 Å². The van der Waals surface area contributed by atoms with Gasteiger partial charge in [-0.05, 0) is 45.0 Å². The zero-order valence-electron chi connectivity index (χ0n) is 12.1. The van der Waals surface area contributed by atoms with Crippen LogP contribution in [0.5, 0.6) is 5.75 Å². The number of hydrogen-bond acceptors (Lipinski definition) is 3. The van der Waals surface area contributed by atoms with Gasteiger partial charge in [0.25, 0.3) is 0 Å². The minimum absolute atomic E-state index is 0.0830. The molecule has 1 aromatic carbocycles. The smallest absolute Gasteiger partial charge is 0.146 e. The fraction of sp³-hybridized carbons (Fsp3) is 0.375. The van der Waals surface area contributed by atoms with Crippen molar-refractivity contribution in [1.82, 2.24) is 5.32 Å². The molecule has 0 saturated heterocycles. The Morgan fingerprint density at radius 1 is 1.25 bits per heavy atom. The Labute approximate surface area is 128 Å². The first kappa shape index (κ1) is 15.1. The zero-order valence-corrected chi connectivity index (χ0v) is 13.7. The molecule has 0 aliphatic heterocycles. The zero-order chi connectivity index (χ0) is 14.6. The standard InChI is InChI=1S/C16H20BrNO2/c1-16(2,3)18-10-12-7-8-19-15(12)11-20-14-6-4-5-13(17)9-14/h4-9,18H,10-11H2,1-3H3. The largest absolute Gasteiger partial charge is 0.486 e. The SMILES string of the molecule is CC(C)(C)NCc1ccoc1COc1cccc(Br)c1. The molecule has 1 heterocycles. The lowest BCUT2D eigenvalue weighted by atomic mass is 10.1. The van der Waals surface area contributed by atoms with Crippen molar-refractivity contribution in [2.75, 3.05) is 0 Å². The lowest BCUT2D eigenvalue weighted by molar-refractivity contribution is 0.267. The summed E-state index contributed by atoms with van der Waals surface area (Å²) in [4.78, 5) is 0. The number of halogens is 1. The van der Waals surface area contributed by atoms with Crippen molar-refractivity contribution in [2.24, 2.45) is 0 Å². The normalized spacial score (nSPS) is 11.6. The average molecular weight is 338 g/mol. The lowest BCUT2D eigenvalue weighted by Crippen LogP contribution is -2.35. The summed E-state index contributed by atoms with van der Waals surface area (Å²) in [6, 6.07) is 9.77. The number of hydrogen-bond donors (Lipinski definition) is 1. The van der Waals surface area contributed by atoms with Gasteiger partial charge < -0.3 is 14.5 Å². The maximum atomic E-state index is 5.75. The highest BCUT2D eigenvalue weighted by molar-refractivity contribution is 9.10. The molecule has 20 heavy (non-hydrogen) atoms. The molecular weight excluding hydrogens is 318 g/mol. The van der Waals surface area contributed by atoms with Crippen molar-refractivity contribution >= 4 is 15.9 Å². The number of nitrogens with one attached hydrogen (secondary N) is 1. The van der Waals surface area contributed by atoms with Gasteiger partial charge in [-0.15, -0.1) is 0 Å². The predicted octanol–water partition coefficient (Wildman–Crippen LogP) is 4.51. The van der Waals surface area contributed by atoms with Crippen LogP contribution in [0.4, 0.5) is 0 Å². The van der Waals surface area contributed by atoms with E-state index < -0.39 is 0 Å². The van der Waals surface area contributed by atoms with Gasteiger partial charge in [0.2, 0.25) is 0 Å². The topological polar surface area (TPSA) is 34.4 Å². The van der Waals surface area contributed by atoms with Crippen LogP contribution in [0.15, 0.2) is 45.5 Å². The summed E-state index contributed by atoms with van der Waals surface area (Å²) in [5.41, 5.74) is 1.22. The summed E-state index contributed by atoms with van der Waals surface area (Å²) < 4.78 is 12.3. The van der Waals surface area contributed by atoms with Crippen LogP contribution in [0.25, 0.3) is 0 Å². The number of benzene rings is 1. The van der Waals surface area contributed by atoms with Crippen molar-refractivity contribution < 1.29 is 9.15 Å². The van der Waals surface area contributed by atoms with E-state index in [2.05, 4.69) is 42.0 Å². The minimum Gasteiger partial charge on any atom is -0.486 e. The van der Waals surface area contributed by atoms with Crippen molar-refractivity contribution in [2.45, 2.75) is 39.5 Å². The quantitative estimate of drug-likeness (QED) is 0.871. The van der Waals surface area contributed by atoms with Gasteiger partial charge in [0.05, 0.1) is 6.26 Å². The van der Waals surface area contributed by atoms with Gasteiger partial charge in [-0.1, -0.05) is 22.0 Å². The van der Waals surface area contributed by atoms with Gasteiger partial charge in [-0.3, -0.25) is 0 Å². The van der Waals surface area contributed by atoms with E-state index in [0.717, 1.165) is 28.1 Å². The molecule has 0 radical (unpaired) electrons. The minimum atomic E-state index is 0.0830.